The average Bonchev–Trinajstić information content (AvgIpc) is 2.85. The monoisotopic (exact) mass is 407 g/mol. The molecule has 6 heteroatoms. The van der Waals surface area contributed by atoms with Crippen molar-refractivity contribution in [2.24, 2.45) is 5.41 Å². The van der Waals surface area contributed by atoms with Gasteiger partial charge in [0.2, 0.25) is 0 Å². The summed E-state index contributed by atoms with van der Waals surface area (Å²) in [6.45, 7) is 1.04. The Morgan fingerprint density at radius 1 is 1.00 bits per heavy atom. The lowest BCUT2D eigenvalue weighted by Crippen LogP contribution is -2.43. The number of amides is 1. The Labute approximate surface area is 181 Å². The highest BCUT2D eigenvalue weighted by Gasteiger charge is 2.37. The van der Waals surface area contributed by atoms with Crippen molar-refractivity contribution in [2.75, 3.05) is 13.1 Å². The van der Waals surface area contributed by atoms with Crippen LogP contribution in [0.2, 0.25) is 0 Å². The largest absolute Gasteiger partial charge is 0.338 e. The number of aromatic nitrogens is 2. The number of nitrogens with zero attached hydrogens (tertiary/aromatic N) is 5. The highest BCUT2D eigenvalue weighted by atomic mass is 16.2. The predicted molar refractivity (Wildman–Crippen MR) is 116 cm³/mol. The van der Waals surface area contributed by atoms with E-state index in [-0.39, 0.29) is 5.91 Å². The van der Waals surface area contributed by atoms with E-state index in [1.807, 2.05) is 29.2 Å². The lowest BCUT2D eigenvalue weighted by atomic mass is 9.75. The van der Waals surface area contributed by atoms with E-state index in [9.17, 15) is 10.1 Å². The Bertz CT molecular complexity index is 1150. The molecule has 0 atom stereocenters. The van der Waals surface area contributed by atoms with Crippen LogP contribution >= 0.6 is 0 Å². The third kappa shape index (κ3) is 4.29. The lowest BCUT2D eigenvalue weighted by Gasteiger charge is -2.37. The van der Waals surface area contributed by atoms with Gasteiger partial charge in [0.25, 0.3) is 5.91 Å². The zero-order valence-corrected chi connectivity index (χ0v) is 17.0. The number of rotatable bonds is 4. The third-order valence-corrected chi connectivity index (χ3v) is 5.86. The summed E-state index contributed by atoms with van der Waals surface area (Å²) in [5.41, 5.74) is 3.19. The van der Waals surface area contributed by atoms with Crippen LogP contribution in [-0.2, 0) is 6.42 Å². The van der Waals surface area contributed by atoms with Crippen molar-refractivity contribution in [1.82, 2.24) is 14.9 Å². The Morgan fingerprint density at radius 3 is 2.35 bits per heavy atom. The van der Waals surface area contributed by atoms with Gasteiger partial charge in [0, 0.05) is 37.2 Å². The number of nitriles is 2. The number of carbonyl (C=O) groups excluding carboxylic acids is 1. The van der Waals surface area contributed by atoms with Gasteiger partial charge >= 0.3 is 0 Å². The molecule has 3 aromatic rings. The van der Waals surface area contributed by atoms with E-state index >= 15 is 0 Å². The van der Waals surface area contributed by atoms with Crippen molar-refractivity contribution in [3.8, 4) is 23.4 Å². The molecule has 0 aliphatic carbocycles. The molecule has 1 aliphatic rings. The number of hydrogen-bond acceptors (Lipinski definition) is 5. The molecule has 31 heavy (non-hydrogen) atoms. The minimum atomic E-state index is -0.506. The molecule has 0 unspecified atom stereocenters. The van der Waals surface area contributed by atoms with Crippen LogP contribution < -0.4 is 0 Å². The fourth-order valence-corrected chi connectivity index (χ4v) is 4.04. The second kappa shape index (κ2) is 8.77. The lowest BCUT2D eigenvalue weighted by molar-refractivity contribution is 0.0647. The van der Waals surface area contributed by atoms with Gasteiger partial charge < -0.3 is 4.90 Å². The van der Waals surface area contributed by atoms with Gasteiger partial charge in [-0.15, -0.1) is 0 Å². The third-order valence-electron chi connectivity index (χ3n) is 5.86. The number of likely N-dealkylation sites (tertiary alicyclic amines) is 1. The maximum absolute atomic E-state index is 13.3. The SMILES string of the molecule is N#Cc1ccc(CC2(C#N)CCN(C(=O)c3cccnc3-c3ccncc3)CC2)cc1. The molecule has 0 spiro atoms. The van der Waals surface area contributed by atoms with E-state index in [2.05, 4.69) is 22.1 Å². The van der Waals surface area contributed by atoms with Gasteiger partial charge in [-0.2, -0.15) is 10.5 Å². The molecule has 4 rings (SSSR count). The highest BCUT2D eigenvalue weighted by Crippen LogP contribution is 2.35. The van der Waals surface area contributed by atoms with Crippen molar-refractivity contribution in [1.29, 1.82) is 10.5 Å². The summed E-state index contributed by atoms with van der Waals surface area (Å²) >= 11 is 0. The van der Waals surface area contributed by atoms with Crippen LogP contribution in [0, 0.1) is 28.1 Å². The molecule has 1 aliphatic heterocycles. The Morgan fingerprint density at radius 2 is 1.71 bits per heavy atom. The predicted octanol–water partition coefficient (Wildman–Crippen LogP) is 4.00. The van der Waals surface area contributed by atoms with Crippen LogP contribution in [-0.4, -0.2) is 33.9 Å². The van der Waals surface area contributed by atoms with Gasteiger partial charge in [0.1, 0.15) is 0 Å². The fraction of sp³-hybridized carbons (Fsp3) is 0.240. The first kappa shape index (κ1) is 20.3. The van der Waals surface area contributed by atoms with Crippen molar-refractivity contribution in [3.05, 3.63) is 83.8 Å². The van der Waals surface area contributed by atoms with E-state index < -0.39 is 5.41 Å². The van der Waals surface area contributed by atoms with Crippen LogP contribution in [0.5, 0.6) is 0 Å². The Balaban J connectivity index is 1.49. The molecular weight excluding hydrogens is 386 g/mol. The average molecular weight is 407 g/mol. The fourth-order valence-electron chi connectivity index (χ4n) is 4.04. The molecule has 3 heterocycles. The van der Waals surface area contributed by atoms with E-state index in [0.29, 0.717) is 49.2 Å². The standard InChI is InChI=1S/C25H21N5O/c26-17-20-5-3-19(4-6-20)16-25(18-27)9-14-30(15-10-25)24(31)22-2-1-11-29-23(22)21-7-12-28-13-8-21/h1-8,11-13H,9-10,14-16H2. The first-order valence-electron chi connectivity index (χ1n) is 10.2. The summed E-state index contributed by atoms with van der Waals surface area (Å²) < 4.78 is 0. The summed E-state index contributed by atoms with van der Waals surface area (Å²) in [4.78, 5) is 23.6. The second-order valence-corrected chi connectivity index (χ2v) is 7.81. The first-order valence-corrected chi connectivity index (χ1v) is 10.2. The summed E-state index contributed by atoms with van der Waals surface area (Å²) in [5.74, 6) is -0.0650. The highest BCUT2D eigenvalue weighted by molar-refractivity contribution is 5.99. The van der Waals surface area contributed by atoms with Gasteiger partial charge in [-0.05, 0) is 61.2 Å². The molecule has 152 valence electrons. The molecular formula is C25H21N5O. The molecule has 0 radical (unpaired) electrons. The Hall–Kier alpha value is -4.03. The number of hydrogen-bond donors (Lipinski definition) is 0. The maximum Gasteiger partial charge on any atom is 0.256 e. The van der Waals surface area contributed by atoms with Crippen LogP contribution in [0.1, 0.15) is 34.3 Å². The van der Waals surface area contributed by atoms with E-state index in [1.54, 1.807) is 42.9 Å². The van der Waals surface area contributed by atoms with Gasteiger partial charge in [-0.1, -0.05) is 12.1 Å². The zero-order chi connectivity index (χ0) is 21.7. The van der Waals surface area contributed by atoms with Crippen molar-refractivity contribution in [3.63, 3.8) is 0 Å². The summed E-state index contributed by atoms with van der Waals surface area (Å²) in [5, 5.41) is 18.9. The quantitative estimate of drug-likeness (QED) is 0.651. The van der Waals surface area contributed by atoms with Gasteiger partial charge in [0.05, 0.1) is 34.4 Å². The van der Waals surface area contributed by atoms with Crippen LogP contribution in [0.3, 0.4) is 0 Å². The molecule has 2 aromatic heterocycles. The van der Waals surface area contributed by atoms with Crippen molar-refractivity contribution < 1.29 is 4.79 Å². The maximum atomic E-state index is 13.3. The smallest absolute Gasteiger partial charge is 0.256 e. The van der Waals surface area contributed by atoms with Crippen LogP contribution in [0.15, 0.2) is 67.1 Å². The minimum absolute atomic E-state index is 0.0650. The van der Waals surface area contributed by atoms with Crippen LogP contribution in [0.25, 0.3) is 11.3 Å². The van der Waals surface area contributed by atoms with Gasteiger partial charge in [-0.3, -0.25) is 14.8 Å². The molecule has 0 N–H and O–H groups in total. The van der Waals surface area contributed by atoms with E-state index in [0.717, 1.165) is 11.1 Å². The van der Waals surface area contributed by atoms with Gasteiger partial charge in [-0.25, -0.2) is 0 Å². The Kier molecular flexibility index (Phi) is 5.73. The molecule has 1 amide bonds. The molecule has 0 saturated carbocycles. The number of carbonyl (C=O) groups is 1. The topological polar surface area (TPSA) is 93.7 Å². The molecule has 0 bridgehead atoms. The molecule has 1 aromatic carbocycles. The number of pyridine rings is 2. The summed E-state index contributed by atoms with van der Waals surface area (Å²) in [6, 6.07) is 19.3. The van der Waals surface area contributed by atoms with Crippen molar-refractivity contribution >= 4 is 5.91 Å². The normalized spacial score (nSPS) is 15.0. The van der Waals surface area contributed by atoms with Crippen LogP contribution in [0.4, 0.5) is 0 Å². The first-order chi connectivity index (χ1) is 15.1. The van der Waals surface area contributed by atoms with Crippen molar-refractivity contribution in [2.45, 2.75) is 19.3 Å². The molecule has 1 fully saturated rings. The van der Waals surface area contributed by atoms with E-state index in [4.69, 9.17) is 5.26 Å². The molecule has 1 saturated heterocycles. The zero-order valence-electron chi connectivity index (χ0n) is 17.0. The number of piperidine rings is 1. The number of benzene rings is 1. The summed E-state index contributed by atoms with van der Waals surface area (Å²) in [7, 11) is 0. The van der Waals surface area contributed by atoms with E-state index in [1.165, 1.54) is 0 Å². The van der Waals surface area contributed by atoms with Gasteiger partial charge in [0.15, 0.2) is 0 Å². The second-order valence-electron chi connectivity index (χ2n) is 7.81. The molecule has 6 nitrogen and oxygen atoms in total. The minimum Gasteiger partial charge on any atom is -0.338 e. The summed E-state index contributed by atoms with van der Waals surface area (Å²) in [6.07, 6.45) is 6.89.